The van der Waals surface area contributed by atoms with Crippen LogP contribution in [0.15, 0.2) is 72.9 Å². The highest BCUT2D eigenvalue weighted by Gasteiger charge is 2.22. The average molecular weight is 381 g/mol. The number of aromatic nitrogens is 2. The minimum absolute atomic E-state index is 0. The number of anilines is 3. The first-order valence-electron chi connectivity index (χ1n) is 9.23. The first kappa shape index (κ1) is 19.2. The second-order valence-electron chi connectivity index (χ2n) is 6.78. The summed E-state index contributed by atoms with van der Waals surface area (Å²) in [6, 6.07) is 23.1. The largest absolute Gasteiger partial charge is 0.341 e. The van der Waals surface area contributed by atoms with Gasteiger partial charge < -0.3 is 9.80 Å². The van der Waals surface area contributed by atoms with Crippen molar-refractivity contribution in [1.29, 1.82) is 0 Å². The third kappa shape index (κ3) is 4.40. The number of halogens is 1. The van der Waals surface area contributed by atoms with E-state index < -0.39 is 0 Å². The molecule has 0 unspecified atom stereocenters. The van der Waals surface area contributed by atoms with Crippen molar-refractivity contribution in [2.24, 2.45) is 0 Å². The van der Waals surface area contributed by atoms with E-state index in [2.05, 4.69) is 57.2 Å². The fourth-order valence-corrected chi connectivity index (χ4v) is 3.60. The molecule has 0 saturated carbocycles. The SMILES string of the molecule is CN(c1ccccc1)c1ccnc(N2CCC(c3ccccc3)CC2)n1.Cl. The Hall–Kier alpha value is -2.59. The van der Waals surface area contributed by atoms with E-state index in [1.165, 1.54) is 5.56 Å². The van der Waals surface area contributed by atoms with Crippen molar-refractivity contribution in [3.8, 4) is 0 Å². The van der Waals surface area contributed by atoms with Crippen LogP contribution in [0.25, 0.3) is 0 Å². The molecular formula is C22H25ClN4. The zero-order chi connectivity index (χ0) is 17.8. The fourth-order valence-electron chi connectivity index (χ4n) is 3.60. The lowest BCUT2D eigenvalue weighted by atomic mass is 9.90. The molecule has 4 nitrogen and oxygen atoms in total. The number of piperidine rings is 1. The van der Waals surface area contributed by atoms with Gasteiger partial charge in [0.05, 0.1) is 0 Å². The molecule has 0 N–H and O–H groups in total. The summed E-state index contributed by atoms with van der Waals surface area (Å²) >= 11 is 0. The van der Waals surface area contributed by atoms with E-state index in [1.54, 1.807) is 0 Å². The number of benzene rings is 2. The Morgan fingerprint density at radius 2 is 1.52 bits per heavy atom. The Labute approximate surface area is 167 Å². The first-order valence-corrected chi connectivity index (χ1v) is 9.23. The molecule has 1 saturated heterocycles. The maximum Gasteiger partial charge on any atom is 0.227 e. The Kier molecular flexibility index (Phi) is 6.30. The molecule has 0 amide bonds. The van der Waals surface area contributed by atoms with Crippen LogP contribution in [-0.4, -0.2) is 30.1 Å². The molecule has 2 aromatic carbocycles. The van der Waals surface area contributed by atoms with Crippen LogP contribution in [0, 0.1) is 0 Å². The molecule has 0 aliphatic carbocycles. The molecule has 0 bridgehead atoms. The van der Waals surface area contributed by atoms with Crippen molar-refractivity contribution in [2.45, 2.75) is 18.8 Å². The van der Waals surface area contributed by atoms with E-state index in [-0.39, 0.29) is 12.4 Å². The molecule has 0 atom stereocenters. The van der Waals surface area contributed by atoms with Gasteiger partial charge in [0.25, 0.3) is 0 Å². The molecule has 0 radical (unpaired) electrons. The third-order valence-electron chi connectivity index (χ3n) is 5.16. The second-order valence-corrected chi connectivity index (χ2v) is 6.78. The van der Waals surface area contributed by atoms with Crippen LogP contribution in [0.5, 0.6) is 0 Å². The molecule has 140 valence electrons. The van der Waals surface area contributed by atoms with E-state index in [1.807, 2.05) is 37.5 Å². The third-order valence-corrected chi connectivity index (χ3v) is 5.16. The van der Waals surface area contributed by atoms with E-state index in [4.69, 9.17) is 4.98 Å². The van der Waals surface area contributed by atoms with Gasteiger partial charge in [-0.1, -0.05) is 48.5 Å². The minimum atomic E-state index is 0. The van der Waals surface area contributed by atoms with Crippen LogP contribution >= 0.6 is 12.4 Å². The maximum atomic E-state index is 4.81. The number of hydrogen-bond donors (Lipinski definition) is 0. The van der Waals surface area contributed by atoms with Crippen LogP contribution in [0.1, 0.15) is 24.3 Å². The number of rotatable bonds is 4. The van der Waals surface area contributed by atoms with Gasteiger partial charge in [-0.2, -0.15) is 4.98 Å². The van der Waals surface area contributed by atoms with Crippen molar-refractivity contribution in [3.05, 3.63) is 78.5 Å². The summed E-state index contributed by atoms with van der Waals surface area (Å²) in [5, 5.41) is 0. The Balaban J connectivity index is 0.00000210. The number of hydrogen-bond acceptors (Lipinski definition) is 4. The molecule has 3 aromatic rings. The van der Waals surface area contributed by atoms with E-state index in [0.717, 1.165) is 43.4 Å². The summed E-state index contributed by atoms with van der Waals surface area (Å²) in [5.41, 5.74) is 2.57. The van der Waals surface area contributed by atoms with Gasteiger partial charge in [-0.3, -0.25) is 0 Å². The lowest BCUT2D eigenvalue weighted by Gasteiger charge is -2.32. The van der Waals surface area contributed by atoms with Crippen LogP contribution < -0.4 is 9.80 Å². The molecule has 5 heteroatoms. The van der Waals surface area contributed by atoms with E-state index in [9.17, 15) is 0 Å². The highest BCUT2D eigenvalue weighted by Crippen LogP contribution is 2.30. The summed E-state index contributed by atoms with van der Waals surface area (Å²) in [5.74, 6) is 2.39. The normalized spacial score (nSPS) is 14.5. The topological polar surface area (TPSA) is 32.3 Å². The van der Waals surface area contributed by atoms with Gasteiger partial charge in [-0.05, 0) is 42.5 Å². The second kappa shape index (κ2) is 8.87. The lowest BCUT2D eigenvalue weighted by molar-refractivity contribution is 0.499. The van der Waals surface area contributed by atoms with Gasteiger partial charge in [0.2, 0.25) is 5.95 Å². The molecule has 1 fully saturated rings. The summed E-state index contributed by atoms with van der Waals surface area (Å²) in [4.78, 5) is 13.7. The molecule has 1 aliphatic rings. The summed E-state index contributed by atoms with van der Waals surface area (Å²) < 4.78 is 0. The fraction of sp³-hybridized carbons (Fsp3) is 0.273. The predicted molar refractivity (Wildman–Crippen MR) is 114 cm³/mol. The maximum absolute atomic E-state index is 4.81. The molecule has 1 aromatic heterocycles. The molecule has 27 heavy (non-hydrogen) atoms. The summed E-state index contributed by atoms with van der Waals surface area (Å²) in [6.07, 6.45) is 4.15. The highest BCUT2D eigenvalue weighted by atomic mass is 35.5. The van der Waals surface area contributed by atoms with Crippen molar-refractivity contribution >= 4 is 29.9 Å². The van der Waals surface area contributed by atoms with Gasteiger partial charge in [0, 0.05) is 32.0 Å². The number of nitrogens with zero attached hydrogens (tertiary/aromatic N) is 4. The van der Waals surface area contributed by atoms with Crippen LogP contribution in [-0.2, 0) is 0 Å². The predicted octanol–water partition coefficient (Wildman–Crippen LogP) is 5.05. The van der Waals surface area contributed by atoms with E-state index in [0.29, 0.717) is 5.92 Å². The zero-order valence-corrected chi connectivity index (χ0v) is 16.3. The Bertz CT molecular complexity index is 833. The van der Waals surface area contributed by atoms with Gasteiger partial charge in [0.15, 0.2) is 0 Å². The zero-order valence-electron chi connectivity index (χ0n) is 15.5. The standard InChI is InChI=1S/C22H24N4.ClH/c1-25(20-10-6-3-7-11-20)21-12-15-23-22(24-21)26-16-13-19(14-17-26)18-8-4-2-5-9-18;/h2-12,15,19H,13-14,16-17H2,1H3;1H. The van der Waals surface area contributed by atoms with Gasteiger partial charge in [-0.25, -0.2) is 4.98 Å². The Morgan fingerprint density at radius 3 is 2.19 bits per heavy atom. The van der Waals surface area contributed by atoms with E-state index >= 15 is 0 Å². The van der Waals surface area contributed by atoms with Gasteiger partial charge in [-0.15, -0.1) is 12.4 Å². The molecule has 0 spiro atoms. The van der Waals surface area contributed by atoms with Crippen molar-refractivity contribution in [1.82, 2.24) is 9.97 Å². The van der Waals surface area contributed by atoms with Crippen LogP contribution in [0.4, 0.5) is 17.5 Å². The summed E-state index contributed by atoms with van der Waals surface area (Å²) in [7, 11) is 2.04. The van der Waals surface area contributed by atoms with Crippen molar-refractivity contribution in [2.75, 3.05) is 29.9 Å². The highest BCUT2D eigenvalue weighted by molar-refractivity contribution is 5.85. The smallest absolute Gasteiger partial charge is 0.227 e. The molecular weight excluding hydrogens is 356 g/mol. The monoisotopic (exact) mass is 380 g/mol. The number of para-hydroxylation sites is 1. The van der Waals surface area contributed by atoms with Gasteiger partial charge >= 0.3 is 0 Å². The molecule has 4 rings (SSSR count). The minimum Gasteiger partial charge on any atom is -0.341 e. The van der Waals surface area contributed by atoms with Crippen LogP contribution in [0.2, 0.25) is 0 Å². The molecule has 1 aliphatic heterocycles. The Morgan fingerprint density at radius 1 is 0.889 bits per heavy atom. The first-order chi connectivity index (χ1) is 12.8. The quantitative estimate of drug-likeness (QED) is 0.634. The lowest BCUT2D eigenvalue weighted by Crippen LogP contribution is -2.34. The summed E-state index contributed by atoms with van der Waals surface area (Å²) in [6.45, 7) is 2.00. The molecule has 2 heterocycles. The average Bonchev–Trinajstić information content (AvgIpc) is 2.75. The van der Waals surface area contributed by atoms with Crippen molar-refractivity contribution < 1.29 is 0 Å². The van der Waals surface area contributed by atoms with Crippen molar-refractivity contribution in [3.63, 3.8) is 0 Å². The van der Waals surface area contributed by atoms with Gasteiger partial charge in [0.1, 0.15) is 5.82 Å². The van der Waals surface area contributed by atoms with Crippen LogP contribution in [0.3, 0.4) is 0 Å².